The van der Waals surface area contributed by atoms with E-state index in [0.717, 1.165) is 17.1 Å². The van der Waals surface area contributed by atoms with Gasteiger partial charge in [0, 0.05) is 27.7 Å². The Bertz CT molecular complexity index is 802. The van der Waals surface area contributed by atoms with Crippen LogP contribution in [0.3, 0.4) is 0 Å². The van der Waals surface area contributed by atoms with Crippen LogP contribution in [0.4, 0.5) is 17.5 Å². The maximum atomic E-state index is 4.59. The molecule has 0 amide bonds. The summed E-state index contributed by atoms with van der Waals surface area (Å²) in [5.74, 6) is 1.47. The number of fused-ring (bicyclic) bond motifs is 1. The highest BCUT2D eigenvalue weighted by Crippen LogP contribution is 2.26. The molecule has 0 aliphatic rings. The van der Waals surface area contributed by atoms with Crippen molar-refractivity contribution in [1.29, 1.82) is 0 Å². The van der Waals surface area contributed by atoms with E-state index >= 15 is 0 Å². The lowest BCUT2D eigenvalue weighted by Crippen LogP contribution is -2.27. The van der Waals surface area contributed by atoms with Crippen molar-refractivity contribution in [1.82, 2.24) is 9.97 Å². The van der Waals surface area contributed by atoms with E-state index in [4.69, 9.17) is 0 Å². The summed E-state index contributed by atoms with van der Waals surface area (Å²) in [6.45, 7) is 8.28. The van der Waals surface area contributed by atoms with Crippen LogP contribution in [0, 0.1) is 6.92 Å². The van der Waals surface area contributed by atoms with Crippen molar-refractivity contribution in [2.24, 2.45) is 0 Å². The smallest absolute Gasteiger partial charge is 0.225 e. The van der Waals surface area contributed by atoms with Gasteiger partial charge in [-0.05, 0) is 62.7 Å². The maximum absolute atomic E-state index is 4.59. The lowest BCUT2D eigenvalue weighted by Gasteiger charge is -2.21. The maximum Gasteiger partial charge on any atom is 0.225 e. The molecule has 0 radical (unpaired) electrons. The standard InChI is InChI=1S/C17H20N4S/c1-11-10-18-16(21-17(2,3)4)20-15(11)19-13-5-6-14-12(9-13)7-8-22-14/h5-10H,1-4H3,(H2,18,19,20,21). The lowest BCUT2D eigenvalue weighted by atomic mass is 10.1. The molecule has 0 unspecified atom stereocenters. The average Bonchev–Trinajstić information content (AvgIpc) is 2.88. The average molecular weight is 312 g/mol. The van der Waals surface area contributed by atoms with E-state index in [1.54, 1.807) is 11.3 Å². The minimum absolute atomic E-state index is 0.0673. The number of hydrogen-bond donors (Lipinski definition) is 2. The highest BCUT2D eigenvalue weighted by atomic mass is 32.1. The van der Waals surface area contributed by atoms with Crippen molar-refractivity contribution in [2.45, 2.75) is 33.2 Å². The third kappa shape index (κ3) is 3.36. The summed E-state index contributed by atoms with van der Waals surface area (Å²) in [7, 11) is 0. The molecule has 3 aromatic rings. The quantitative estimate of drug-likeness (QED) is 0.718. The van der Waals surface area contributed by atoms with Crippen molar-refractivity contribution in [3.63, 3.8) is 0 Å². The van der Waals surface area contributed by atoms with E-state index in [1.165, 1.54) is 10.1 Å². The molecule has 0 atom stereocenters. The zero-order valence-electron chi connectivity index (χ0n) is 13.3. The van der Waals surface area contributed by atoms with Gasteiger partial charge in [-0.2, -0.15) is 4.98 Å². The molecule has 5 heteroatoms. The van der Waals surface area contributed by atoms with E-state index in [0.29, 0.717) is 5.95 Å². The minimum Gasteiger partial charge on any atom is -0.350 e. The van der Waals surface area contributed by atoms with Gasteiger partial charge in [0.25, 0.3) is 0 Å². The monoisotopic (exact) mass is 312 g/mol. The van der Waals surface area contributed by atoms with Gasteiger partial charge in [0.2, 0.25) is 5.95 Å². The molecule has 0 spiro atoms. The Balaban J connectivity index is 1.88. The largest absolute Gasteiger partial charge is 0.350 e. The Hall–Kier alpha value is -2.14. The minimum atomic E-state index is -0.0673. The van der Waals surface area contributed by atoms with Crippen molar-refractivity contribution < 1.29 is 0 Å². The van der Waals surface area contributed by atoms with Gasteiger partial charge in [0.15, 0.2) is 0 Å². The number of anilines is 3. The number of rotatable bonds is 3. The molecule has 4 nitrogen and oxygen atoms in total. The molecule has 0 saturated heterocycles. The Morgan fingerprint density at radius 3 is 2.73 bits per heavy atom. The Kier molecular flexibility index (Phi) is 3.74. The molecule has 22 heavy (non-hydrogen) atoms. The molecule has 0 aliphatic heterocycles. The number of thiophene rings is 1. The van der Waals surface area contributed by atoms with E-state index in [-0.39, 0.29) is 5.54 Å². The van der Waals surface area contributed by atoms with Crippen LogP contribution in [0.5, 0.6) is 0 Å². The fraction of sp³-hybridized carbons (Fsp3) is 0.294. The SMILES string of the molecule is Cc1cnc(NC(C)(C)C)nc1Nc1ccc2sccc2c1. The molecule has 114 valence electrons. The summed E-state index contributed by atoms with van der Waals surface area (Å²) in [5.41, 5.74) is 1.99. The van der Waals surface area contributed by atoms with E-state index in [9.17, 15) is 0 Å². The van der Waals surface area contributed by atoms with Crippen LogP contribution >= 0.6 is 11.3 Å². The molecular weight excluding hydrogens is 292 g/mol. The van der Waals surface area contributed by atoms with Crippen molar-refractivity contribution in [3.8, 4) is 0 Å². The van der Waals surface area contributed by atoms with E-state index < -0.39 is 0 Å². The summed E-state index contributed by atoms with van der Waals surface area (Å²) in [5, 5.41) is 10.0. The Morgan fingerprint density at radius 1 is 1.14 bits per heavy atom. The molecule has 2 heterocycles. The number of hydrogen-bond acceptors (Lipinski definition) is 5. The fourth-order valence-corrected chi connectivity index (χ4v) is 2.92. The zero-order valence-corrected chi connectivity index (χ0v) is 14.1. The van der Waals surface area contributed by atoms with Gasteiger partial charge in [-0.1, -0.05) is 0 Å². The van der Waals surface area contributed by atoms with Crippen molar-refractivity contribution in [3.05, 3.63) is 41.4 Å². The third-order valence-electron chi connectivity index (χ3n) is 3.17. The Morgan fingerprint density at radius 2 is 1.95 bits per heavy atom. The highest BCUT2D eigenvalue weighted by Gasteiger charge is 2.12. The predicted octanol–water partition coefficient (Wildman–Crippen LogP) is 4.95. The second kappa shape index (κ2) is 5.57. The topological polar surface area (TPSA) is 49.8 Å². The van der Waals surface area contributed by atoms with Gasteiger partial charge in [0.1, 0.15) is 5.82 Å². The normalized spacial score (nSPS) is 11.6. The number of benzene rings is 1. The molecule has 0 fully saturated rings. The second-order valence-corrected chi connectivity index (χ2v) is 7.35. The Labute approximate surface area is 134 Å². The van der Waals surface area contributed by atoms with Crippen LogP contribution in [-0.2, 0) is 0 Å². The van der Waals surface area contributed by atoms with Crippen LogP contribution in [0.1, 0.15) is 26.3 Å². The molecule has 0 saturated carbocycles. The van der Waals surface area contributed by atoms with Crippen LogP contribution in [0.25, 0.3) is 10.1 Å². The molecule has 1 aromatic carbocycles. The predicted molar refractivity (Wildman–Crippen MR) is 95.3 cm³/mol. The van der Waals surface area contributed by atoms with Gasteiger partial charge in [0.05, 0.1) is 0 Å². The van der Waals surface area contributed by atoms with Gasteiger partial charge in [-0.15, -0.1) is 11.3 Å². The van der Waals surface area contributed by atoms with Gasteiger partial charge in [-0.25, -0.2) is 4.98 Å². The first kappa shape index (κ1) is 14.8. The fourth-order valence-electron chi connectivity index (χ4n) is 2.15. The lowest BCUT2D eigenvalue weighted by molar-refractivity contribution is 0.626. The molecule has 2 aromatic heterocycles. The number of nitrogens with one attached hydrogen (secondary N) is 2. The summed E-state index contributed by atoms with van der Waals surface area (Å²) < 4.78 is 1.29. The van der Waals surface area contributed by atoms with Gasteiger partial charge >= 0.3 is 0 Å². The van der Waals surface area contributed by atoms with E-state index in [1.807, 2.05) is 13.1 Å². The molecular formula is C17H20N4S. The number of aryl methyl sites for hydroxylation is 1. The number of nitrogens with zero attached hydrogens (tertiary/aromatic N) is 2. The summed E-state index contributed by atoms with van der Waals surface area (Å²) in [4.78, 5) is 8.94. The van der Waals surface area contributed by atoms with Crippen LogP contribution in [-0.4, -0.2) is 15.5 Å². The second-order valence-electron chi connectivity index (χ2n) is 6.40. The first-order chi connectivity index (χ1) is 10.4. The molecule has 0 aliphatic carbocycles. The van der Waals surface area contributed by atoms with Crippen LogP contribution < -0.4 is 10.6 Å². The van der Waals surface area contributed by atoms with Crippen molar-refractivity contribution >= 4 is 38.9 Å². The van der Waals surface area contributed by atoms with Crippen LogP contribution in [0.2, 0.25) is 0 Å². The third-order valence-corrected chi connectivity index (χ3v) is 4.07. The molecule has 2 N–H and O–H groups in total. The number of aromatic nitrogens is 2. The molecule has 0 bridgehead atoms. The van der Waals surface area contributed by atoms with E-state index in [2.05, 4.69) is 71.0 Å². The summed E-state index contributed by atoms with van der Waals surface area (Å²) in [6, 6.07) is 8.49. The highest BCUT2D eigenvalue weighted by molar-refractivity contribution is 7.17. The van der Waals surface area contributed by atoms with Crippen molar-refractivity contribution in [2.75, 3.05) is 10.6 Å². The summed E-state index contributed by atoms with van der Waals surface area (Å²) in [6.07, 6.45) is 1.84. The van der Waals surface area contributed by atoms with Gasteiger partial charge in [-0.3, -0.25) is 0 Å². The first-order valence-electron chi connectivity index (χ1n) is 7.27. The first-order valence-corrected chi connectivity index (χ1v) is 8.15. The summed E-state index contributed by atoms with van der Waals surface area (Å²) >= 11 is 1.75. The van der Waals surface area contributed by atoms with Crippen LogP contribution in [0.15, 0.2) is 35.8 Å². The zero-order chi connectivity index (χ0) is 15.7. The molecule has 3 rings (SSSR count). The van der Waals surface area contributed by atoms with Gasteiger partial charge < -0.3 is 10.6 Å².